The molecule has 0 radical (unpaired) electrons. The number of thioether (sulfide) groups is 1. The van der Waals surface area contributed by atoms with Gasteiger partial charge in [-0.3, -0.25) is 0 Å². The summed E-state index contributed by atoms with van der Waals surface area (Å²) in [7, 11) is 0. The van der Waals surface area contributed by atoms with Gasteiger partial charge in [0.2, 0.25) is 0 Å². The molecule has 80 valence electrons. The number of aromatic nitrogens is 2. The van der Waals surface area contributed by atoms with Gasteiger partial charge in [0.05, 0.1) is 6.33 Å². The monoisotopic (exact) mass is 213 g/mol. The van der Waals surface area contributed by atoms with Crippen molar-refractivity contribution >= 4 is 11.8 Å². The van der Waals surface area contributed by atoms with Crippen LogP contribution in [0.4, 0.5) is 0 Å². The normalized spacial score (nSPS) is 11.1. The van der Waals surface area contributed by atoms with Crippen molar-refractivity contribution in [2.24, 2.45) is 5.73 Å². The molecule has 3 nitrogen and oxygen atoms in total. The van der Waals surface area contributed by atoms with E-state index in [4.69, 9.17) is 5.73 Å². The predicted octanol–water partition coefficient (Wildman–Crippen LogP) is 2.05. The van der Waals surface area contributed by atoms with Gasteiger partial charge in [0, 0.05) is 23.7 Å². The van der Waals surface area contributed by atoms with Crippen LogP contribution in [0, 0.1) is 0 Å². The molecule has 0 aliphatic carbocycles. The van der Waals surface area contributed by atoms with Crippen LogP contribution in [0.3, 0.4) is 0 Å². The third kappa shape index (κ3) is 3.35. The van der Waals surface area contributed by atoms with Crippen LogP contribution < -0.4 is 5.73 Å². The van der Waals surface area contributed by atoms with Crippen molar-refractivity contribution in [1.29, 1.82) is 0 Å². The average molecular weight is 213 g/mol. The van der Waals surface area contributed by atoms with Crippen molar-refractivity contribution < 1.29 is 0 Å². The molecule has 2 N–H and O–H groups in total. The second-order valence-corrected chi connectivity index (χ2v) is 4.69. The molecule has 0 saturated heterocycles. The lowest BCUT2D eigenvalue weighted by atomic mass is 10.4. The summed E-state index contributed by atoms with van der Waals surface area (Å²) < 4.78 is 2.22. The van der Waals surface area contributed by atoms with E-state index in [-0.39, 0.29) is 0 Å². The lowest BCUT2D eigenvalue weighted by Gasteiger charge is -2.11. The van der Waals surface area contributed by atoms with Crippen LogP contribution in [0.1, 0.15) is 32.0 Å². The van der Waals surface area contributed by atoms with Gasteiger partial charge in [0.1, 0.15) is 0 Å². The molecule has 0 fully saturated rings. The standard InChI is InChI=1S/C10H19N3S/c1-9(2)13-8-12-6-10(13)7-14-5-3-4-11/h6,8-9H,3-5,7,11H2,1-2H3. The summed E-state index contributed by atoms with van der Waals surface area (Å²) in [6.45, 7) is 5.14. The Morgan fingerprint density at radius 3 is 3.00 bits per heavy atom. The number of nitrogens with zero attached hydrogens (tertiary/aromatic N) is 2. The molecule has 0 aliphatic rings. The van der Waals surface area contributed by atoms with Gasteiger partial charge < -0.3 is 10.3 Å². The maximum atomic E-state index is 5.44. The van der Waals surface area contributed by atoms with Crippen LogP contribution in [-0.2, 0) is 5.75 Å². The average Bonchev–Trinajstić information content (AvgIpc) is 2.60. The number of hydrogen-bond donors (Lipinski definition) is 1. The van der Waals surface area contributed by atoms with Gasteiger partial charge in [-0.15, -0.1) is 0 Å². The van der Waals surface area contributed by atoms with E-state index in [1.54, 1.807) is 0 Å². The fraction of sp³-hybridized carbons (Fsp3) is 0.700. The third-order valence-electron chi connectivity index (χ3n) is 2.05. The molecule has 0 atom stereocenters. The zero-order chi connectivity index (χ0) is 10.4. The van der Waals surface area contributed by atoms with Crippen molar-refractivity contribution in [3.63, 3.8) is 0 Å². The summed E-state index contributed by atoms with van der Waals surface area (Å²) in [6.07, 6.45) is 4.96. The Labute approximate surface area is 90.1 Å². The Balaban J connectivity index is 2.38. The summed E-state index contributed by atoms with van der Waals surface area (Å²) in [5.74, 6) is 2.18. The van der Waals surface area contributed by atoms with Crippen LogP contribution >= 0.6 is 11.8 Å². The van der Waals surface area contributed by atoms with E-state index in [0.29, 0.717) is 6.04 Å². The SMILES string of the molecule is CC(C)n1cncc1CSCCCN. The number of nitrogens with two attached hydrogens (primary N) is 1. The maximum absolute atomic E-state index is 5.44. The van der Waals surface area contributed by atoms with E-state index < -0.39 is 0 Å². The molecule has 0 spiro atoms. The summed E-state index contributed by atoms with van der Waals surface area (Å²) in [6, 6.07) is 0.502. The molecule has 1 aromatic rings. The van der Waals surface area contributed by atoms with Crippen molar-refractivity contribution in [1.82, 2.24) is 9.55 Å². The quantitative estimate of drug-likeness (QED) is 0.735. The molecule has 4 heteroatoms. The van der Waals surface area contributed by atoms with Crippen LogP contribution in [-0.4, -0.2) is 21.8 Å². The lowest BCUT2D eigenvalue weighted by Crippen LogP contribution is -2.04. The van der Waals surface area contributed by atoms with E-state index in [9.17, 15) is 0 Å². The maximum Gasteiger partial charge on any atom is 0.0950 e. The van der Waals surface area contributed by atoms with E-state index in [2.05, 4.69) is 23.4 Å². The first-order valence-corrected chi connectivity index (χ1v) is 6.19. The van der Waals surface area contributed by atoms with Gasteiger partial charge >= 0.3 is 0 Å². The molecular formula is C10H19N3S. The van der Waals surface area contributed by atoms with Crippen LogP contribution in [0.25, 0.3) is 0 Å². The minimum absolute atomic E-state index is 0.502. The Morgan fingerprint density at radius 1 is 1.57 bits per heavy atom. The van der Waals surface area contributed by atoms with Gasteiger partial charge in [0.15, 0.2) is 0 Å². The van der Waals surface area contributed by atoms with Gasteiger partial charge in [-0.1, -0.05) is 0 Å². The van der Waals surface area contributed by atoms with Gasteiger partial charge in [-0.05, 0) is 32.6 Å². The van der Waals surface area contributed by atoms with Gasteiger partial charge in [-0.25, -0.2) is 4.98 Å². The first-order chi connectivity index (χ1) is 6.75. The Kier molecular flexibility index (Phi) is 5.04. The van der Waals surface area contributed by atoms with Crippen LogP contribution in [0.2, 0.25) is 0 Å². The summed E-state index contributed by atoms with van der Waals surface area (Å²) in [4.78, 5) is 4.17. The highest BCUT2D eigenvalue weighted by Crippen LogP contribution is 2.16. The molecule has 1 heterocycles. The minimum atomic E-state index is 0.502. The van der Waals surface area contributed by atoms with Gasteiger partial charge in [0.25, 0.3) is 0 Å². The number of rotatable bonds is 6. The van der Waals surface area contributed by atoms with E-state index in [0.717, 1.165) is 24.5 Å². The molecule has 0 unspecified atom stereocenters. The Bertz CT molecular complexity index is 258. The second kappa shape index (κ2) is 6.09. The fourth-order valence-electron chi connectivity index (χ4n) is 1.27. The van der Waals surface area contributed by atoms with E-state index in [1.165, 1.54) is 5.69 Å². The molecule has 1 aromatic heterocycles. The van der Waals surface area contributed by atoms with Crippen LogP contribution in [0.5, 0.6) is 0 Å². The highest BCUT2D eigenvalue weighted by Gasteiger charge is 2.04. The third-order valence-corrected chi connectivity index (χ3v) is 3.12. The number of imidazole rings is 1. The molecule has 0 aromatic carbocycles. The predicted molar refractivity (Wildman–Crippen MR) is 62.4 cm³/mol. The zero-order valence-electron chi connectivity index (χ0n) is 8.94. The topological polar surface area (TPSA) is 43.8 Å². The number of hydrogen-bond acceptors (Lipinski definition) is 3. The highest BCUT2D eigenvalue weighted by molar-refractivity contribution is 7.98. The fourth-order valence-corrected chi connectivity index (χ4v) is 2.22. The molecule has 1 rings (SSSR count). The Morgan fingerprint density at radius 2 is 2.36 bits per heavy atom. The molecule has 0 amide bonds. The molecule has 0 saturated carbocycles. The second-order valence-electron chi connectivity index (χ2n) is 3.58. The largest absolute Gasteiger partial charge is 0.331 e. The first kappa shape index (κ1) is 11.6. The van der Waals surface area contributed by atoms with Crippen molar-refractivity contribution in [3.05, 3.63) is 18.2 Å². The summed E-state index contributed by atoms with van der Waals surface area (Å²) in [5, 5.41) is 0. The molecular weight excluding hydrogens is 194 g/mol. The molecule has 14 heavy (non-hydrogen) atoms. The van der Waals surface area contributed by atoms with Gasteiger partial charge in [-0.2, -0.15) is 11.8 Å². The van der Waals surface area contributed by atoms with Crippen molar-refractivity contribution in [2.75, 3.05) is 12.3 Å². The molecule has 0 aliphatic heterocycles. The molecule has 0 bridgehead atoms. The highest BCUT2D eigenvalue weighted by atomic mass is 32.2. The minimum Gasteiger partial charge on any atom is -0.331 e. The first-order valence-electron chi connectivity index (χ1n) is 5.04. The van der Waals surface area contributed by atoms with E-state index in [1.807, 2.05) is 24.3 Å². The summed E-state index contributed by atoms with van der Waals surface area (Å²) in [5.41, 5.74) is 6.74. The Hall–Kier alpha value is -0.480. The summed E-state index contributed by atoms with van der Waals surface area (Å²) >= 11 is 1.93. The lowest BCUT2D eigenvalue weighted by molar-refractivity contribution is 0.584. The smallest absolute Gasteiger partial charge is 0.0950 e. The van der Waals surface area contributed by atoms with Crippen molar-refractivity contribution in [3.8, 4) is 0 Å². The zero-order valence-corrected chi connectivity index (χ0v) is 9.76. The van der Waals surface area contributed by atoms with Crippen LogP contribution in [0.15, 0.2) is 12.5 Å². The van der Waals surface area contributed by atoms with E-state index >= 15 is 0 Å². The van der Waals surface area contributed by atoms with Crippen molar-refractivity contribution in [2.45, 2.75) is 32.1 Å².